The minimum absolute atomic E-state index is 0.265. The number of anilines is 1. The SMILES string of the molecule is Cc1cc(C)cc(NC2=C(c3cccs3)C(=O)N(C)C2=O)c1. The van der Waals surface area contributed by atoms with Crippen molar-refractivity contribution < 1.29 is 9.59 Å². The van der Waals surface area contributed by atoms with Gasteiger partial charge in [0, 0.05) is 17.6 Å². The molecule has 1 aromatic heterocycles. The Labute approximate surface area is 133 Å². The Morgan fingerprint density at radius 3 is 2.32 bits per heavy atom. The number of hydrogen-bond donors (Lipinski definition) is 1. The first-order valence-corrected chi connectivity index (χ1v) is 7.81. The molecule has 0 saturated heterocycles. The van der Waals surface area contributed by atoms with Gasteiger partial charge in [0.25, 0.3) is 11.8 Å². The van der Waals surface area contributed by atoms with Crippen molar-refractivity contribution in [2.24, 2.45) is 0 Å². The molecule has 0 radical (unpaired) electrons. The smallest absolute Gasteiger partial charge is 0.277 e. The van der Waals surface area contributed by atoms with Gasteiger partial charge >= 0.3 is 0 Å². The lowest BCUT2D eigenvalue weighted by Crippen LogP contribution is -2.27. The highest BCUT2D eigenvalue weighted by molar-refractivity contribution is 7.11. The Bertz CT molecular complexity index is 771. The van der Waals surface area contributed by atoms with Crippen LogP contribution in [0.1, 0.15) is 16.0 Å². The van der Waals surface area contributed by atoms with E-state index in [0.29, 0.717) is 11.3 Å². The molecule has 0 bridgehead atoms. The molecule has 1 aliphatic rings. The topological polar surface area (TPSA) is 49.4 Å². The molecule has 1 aliphatic heterocycles. The van der Waals surface area contributed by atoms with Gasteiger partial charge in [0.15, 0.2) is 0 Å². The van der Waals surface area contributed by atoms with Crippen molar-refractivity contribution in [1.29, 1.82) is 0 Å². The minimum atomic E-state index is -0.299. The summed E-state index contributed by atoms with van der Waals surface area (Å²) in [5.74, 6) is -0.563. The van der Waals surface area contributed by atoms with Crippen LogP contribution in [0.2, 0.25) is 0 Å². The second-order valence-corrected chi connectivity index (χ2v) is 6.35. The number of imide groups is 1. The van der Waals surface area contributed by atoms with E-state index < -0.39 is 0 Å². The number of rotatable bonds is 3. The largest absolute Gasteiger partial charge is 0.350 e. The van der Waals surface area contributed by atoms with Crippen LogP contribution in [0, 0.1) is 13.8 Å². The average Bonchev–Trinajstić information content (AvgIpc) is 3.03. The van der Waals surface area contributed by atoms with Gasteiger partial charge in [-0.15, -0.1) is 11.3 Å². The van der Waals surface area contributed by atoms with Crippen LogP contribution in [0.25, 0.3) is 5.57 Å². The molecule has 5 heteroatoms. The first kappa shape index (κ1) is 14.5. The molecular weight excluding hydrogens is 296 g/mol. The number of aryl methyl sites for hydroxylation is 2. The van der Waals surface area contributed by atoms with Crippen molar-refractivity contribution in [2.45, 2.75) is 13.8 Å². The van der Waals surface area contributed by atoms with Crippen LogP contribution in [0.3, 0.4) is 0 Å². The molecule has 2 aromatic rings. The molecule has 22 heavy (non-hydrogen) atoms. The van der Waals surface area contributed by atoms with Crippen molar-refractivity contribution in [1.82, 2.24) is 4.90 Å². The molecule has 3 rings (SSSR count). The first-order valence-electron chi connectivity index (χ1n) is 6.93. The molecule has 0 fully saturated rings. The van der Waals surface area contributed by atoms with Crippen molar-refractivity contribution in [2.75, 3.05) is 12.4 Å². The lowest BCUT2D eigenvalue weighted by atomic mass is 10.1. The van der Waals surface area contributed by atoms with Gasteiger partial charge in [-0.05, 0) is 48.6 Å². The molecule has 0 saturated carbocycles. The van der Waals surface area contributed by atoms with Gasteiger partial charge < -0.3 is 5.32 Å². The molecule has 4 nitrogen and oxygen atoms in total. The maximum Gasteiger partial charge on any atom is 0.277 e. The van der Waals surface area contributed by atoms with Crippen LogP contribution >= 0.6 is 11.3 Å². The third-order valence-corrected chi connectivity index (χ3v) is 4.43. The second-order valence-electron chi connectivity index (χ2n) is 5.40. The van der Waals surface area contributed by atoms with Gasteiger partial charge in [-0.2, -0.15) is 0 Å². The van der Waals surface area contributed by atoms with Crippen molar-refractivity contribution in [3.63, 3.8) is 0 Å². The van der Waals surface area contributed by atoms with Crippen molar-refractivity contribution in [3.05, 3.63) is 57.4 Å². The van der Waals surface area contributed by atoms with E-state index in [-0.39, 0.29) is 11.8 Å². The van der Waals surface area contributed by atoms with Crippen molar-refractivity contribution >= 4 is 34.4 Å². The summed E-state index contributed by atoms with van der Waals surface area (Å²) < 4.78 is 0. The number of likely N-dealkylation sites (N-methyl/N-ethyl adjacent to an activating group) is 1. The summed E-state index contributed by atoms with van der Waals surface area (Å²) in [5, 5.41) is 5.04. The molecule has 0 aliphatic carbocycles. The molecular formula is C17H16N2O2S. The van der Waals surface area contributed by atoms with Gasteiger partial charge in [0.05, 0.1) is 5.57 Å². The Morgan fingerprint density at radius 2 is 1.73 bits per heavy atom. The predicted molar refractivity (Wildman–Crippen MR) is 88.6 cm³/mol. The third-order valence-electron chi connectivity index (χ3n) is 3.55. The van der Waals surface area contributed by atoms with E-state index in [1.165, 1.54) is 18.4 Å². The molecule has 0 unspecified atom stereocenters. The zero-order valence-corrected chi connectivity index (χ0v) is 13.5. The summed E-state index contributed by atoms with van der Waals surface area (Å²) in [7, 11) is 1.51. The molecule has 0 atom stereocenters. The molecule has 112 valence electrons. The highest BCUT2D eigenvalue weighted by Gasteiger charge is 2.37. The van der Waals surface area contributed by atoms with Crippen LogP contribution in [0.4, 0.5) is 5.69 Å². The number of benzene rings is 1. The number of nitrogens with one attached hydrogen (secondary N) is 1. The Balaban J connectivity index is 2.08. The van der Waals surface area contributed by atoms with Gasteiger partial charge in [0.2, 0.25) is 0 Å². The van der Waals surface area contributed by atoms with Crippen LogP contribution in [0.15, 0.2) is 41.4 Å². The molecule has 2 amide bonds. The van der Waals surface area contributed by atoms with Crippen molar-refractivity contribution in [3.8, 4) is 0 Å². The summed E-state index contributed by atoms with van der Waals surface area (Å²) in [6.45, 7) is 4.00. The van der Waals surface area contributed by atoms with E-state index >= 15 is 0 Å². The summed E-state index contributed by atoms with van der Waals surface area (Å²) >= 11 is 1.45. The Kier molecular flexibility index (Phi) is 3.58. The van der Waals surface area contributed by atoms with Gasteiger partial charge in [-0.25, -0.2) is 0 Å². The summed E-state index contributed by atoms with van der Waals surface area (Å²) in [5.41, 5.74) is 3.82. The molecule has 1 aromatic carbocycles. The van der Waals surface area contributed by atoms with E-state index in [1.54, 1.807) is 0 Å². The van der Waals surface area contributed by atoms with Gasteiger partial charge in [-0.3, -0.25) is 14.5 Å². The maximum atomic E-state index is 12.4. The number of hydrogen-bond acceptors (Lipinski definition) is 4. The number of thiophene rings is 1. The zero-order chi connectivity index (χ0) is 15.9. The van der Waals surface area contributed by atoms with Crippen LogP contribution in [0.5, 0.6) is 0 Å². The normalized spacial score (nSPS) is 15.0. The second kappa shape index (κ2) is 5.42. The fourth-order valence-corrected chi connectivity index (χ4v) is 3.37. The first-order chi connectivity index (χ1) is 10.5. The molecule has 1 N–H and O–H groups in total. The summed E-state index contributed by atoms with van der Waals surface area (Å²) in [4.78, 5) is 26.7. The highest BCUT2D eigenvalue weighted by Crippen LogP contribution is 2.32. The zero-order valence-electron chi connectivity index (χ0n) is 12.6. The van der Waals surface area contributed by atoms with Gasteiger partial charge in [0.1, 0.15) is 5.70 Å². The molecule has 0 spiro atoms. The quantitative estimate of drug-likeness (QED) is 0.886. The fraction of sp³-hybridized carbons (Fsp3) is 0.176. The highest BCUT2D eigenvalue weighted by atomic mass is 32.1. The standard InChI is InChI=1S/C17H16N2O2S/c1-10-7-11(2)9-12(8-10)18-15-14(13-5-4-6-22-13)16(20)19(3)17(15)21/h4-9,18H,1-3H3. The summed E-state index contributed by atoms with van der Waals surface area (Å²) in [6.07, 6.45) is 0. The lowest BCUT2D eigenvalue weighted by molar-refractivity contribution is -0.135. The van der Waals surface area contributed by atoms with E-state index in [9.17, 15) is 9.59 Å². The van der Waals surface area contributed by atoms with E-state index in [4.69, 9.17) is 0 Å². The third kappa shape index (κ3) is 2.44. The number of carbonyl (C=O) groups is 2. The predicted octanol–water partition coefficient (Wildman–Crippen LogP) is 3.19. The molecule has 2 heterocycles. The fourth-order valence-electron chi connectivity index (χ4n) is 2.60. The average molecular weight is 312 g/mol. The number of nitrogens with zero attached hydrogens (tertiary/aromatic N) is 1. The van der Waals surface area contributed by atoms with E-state index in [1.807, 2.05) is 43.5 Å². The van der Waals surface area contributed by atoms with E-state index in [0.717, 1.165) is 26.6 Å². The van der Waals surface area contributed by atoms with Gasteiger partial charge in [-0.1, -0.05) is 12.1 Å². The van der Waals surface area contributed by atoms with Crippen LogP contribution in [-0.4, -0.2) is 23.8 Å². The summed E-state index contributed by atoms with van der Waals surface area (Å²) in [6, 6.07) is 9.71. The lowest BCUT2D eigenvalue weighted by Gasteiger charge is -2.10. The van der Waals surface area contributed by atoms with Crippen LogP contribution < -0.4 is 5.32 Å². The number of carbonyl (C=O) groups excluding carboxylic acids is 2. The number of amides is 2. The Hall–Kier alpha value is -2.40. The van der Waals surface area contributed by atoms with Crippen LogP contribution in [-0.2, 0) is 9.59 Å². The monoisotopic (exact) mass is 312 g/mol. The maximum absolute atomic E-state index is 12.4. The Morgan fingerprint density at radius 1 is 1.05 bits per heavy atom. The minimum Gasteiger partial charge on any atom is -0.350 e. The van der Waals surface area contributed by atoms with E-state index in [2.05, 4.69) is 11.4 Å².